The monoisotopic (exact) mass is 292 g/mol. The van der Waals surface area contributed by atoms with Crippen LogP contribution in [0.15, 0.2) is 18.2 Å². The molecule has 4 heteroatoms. The van der Waals surface area contributed by atoms with Crippen LogP contribution in [0.1, 0.15) is 46.5 Å². The van der Waals surface area contributed by atoms with Gasteiger partial charge < -0.3 is 10.6 Å². The molecular weight excluding hydrogens is 267 g/mol. The highest BCUT2D eigenvalue weighted by Crippen LogP contribution is 2.33. The van der Waals surface area contributed by atoms with Crippen molar-refractivity contribution in [2.45, 2.75) is 52.5 Å². The van der Waals surface area contributed by atoms with E-state index in [1.165, 1.54) is 32.3 Å². The maximum Gasteiger partial charge on any atom is 0.221 e. The zero-order valence-corrected chi connectivity index (χ0v) is 13.1. The molecule has 0 aromatic heterocycles. The number of carbonyl (C=O) groups excluding carboxylic acids is 1. The number of amides is 1. The van der Waals surface area contributed by atoms with Crippen LogP contribution in [0.25, 0.3) is 0 Å². The molecule has 1 aromatic carbocycles. The minimum atomic E-state index is -0.266. The van der Waals surface area contributed by atoms with Gasteiger partial charge in [-0.25, -0.2) is 4.39 Å². The molecule has 1 aliphatic carbocycles. The van der Waals surface area contributed by atoms with Crippen LogP contribution < -0.4 is 10.6 Å². The molecule has 2 rings (SSSR count). The first-order chi connectivity index (χ1) is 9.97. The molecule has 0 heterocycles. The van der Waals surface area contributed by atoms with E-state index < -0.39 is 0 Å². The van der Waals surface area contributed by atoms with Crippen molar-refractivity contribution in [2.75, 3.05) is 10.6 Å². The summed E-state index contributed by atoms with van der Waals surface area (Å²) < 4.78 is 14.0. The molecule has 0 saturated heterocycles. The Hall–Kier alpha value is -1.58. The van der Waals surface area contributed by atoms with E-state index in [4.69, 9.17) is 0 Å². The molecule has 1 fully saturated rings. The van der Waals surface area contributed by atoms with E-state index in [-0.39, 0.29) is 11.7 Å². The molecule has 116 valence electrons. The van der Waals surface area contributed by atoms with Crippen LogP contribution in [0.4, 0.5) is 15.8 Å². The van der Waals surface area contributed by atoms with E-state index >= 15 is 0 Å². The van der Waals surface area contributed by atoms with Crippen LogP contribution in [-0.2, 0) is 4.79 Å². The van der Waals surface area contributed by atoms with Gasteiger partial charge in [0, 0.05) is 18.7 Å². The smallest absolute Gasteiger partial charge is 0.221 e. The third-order valence-electron chi connectivity index (χ3n) is 4.30. The lowest BCUT2D eigenvalue weighted by Gasteiger charge is -2.35. The average molecular weight is 292 g/mol. The lowest BCUT2D eigenvalue weighted by atomic mass is 9.78. The second kappa shape index (κ2) is 6.92. The number of halogens is 1. The van der Waals surface area contributed by atoms with Crippen LogP contribution in [0.3, 0.4) is 0 Å². The third-order valence-corrected chi connectivity index (χ3v) is 4.30. The second-order valence-corrected chi connectivity index (χ2v) is 6.32. The van der Waals surface area contributed by atoms with E-state index in [1.807, 2.05) is 0 Å². The van der Waals surface area contributed by atoms with Gasteiger partial charge in [0.15, 0.2) is 0 Å². The fourth-order valence-corrected chi connectivity index (χ4v) is 3.25. The van der Waals surface area contributed by atoms with Crippen molar-refractivity contribution >= 4 is 17.3 Å². The first-order valence-corrected chi connectivity index (χ1v) is 7.81. The molecule has 1 saturated carbocycles. The van der Waals surface area contributed by atoms with Gasteiger partial charge in [-0.1, -0.05) is 26.7 Å². The molecular formula is C17H25FN2O. The Morgan fingerprint density at radius 2 is 2.00 bits per heavy atom. The highest BCUT2D eigenvalue weighted by atomic mass is 19.1. The van der Waals surface area contributed by atoms with Gasteiger partial charge in [-0.05, 0) is 42.9 Å². The summed E-state index contributed by atoms with van der Waals surface area (Å²) in [6.45, 7) is 5.91. The van der Waals surface area contributed by atoms with Gasteiger partial charge in [0.1, 0.15) is 5.82 Å². The standard InChI is InChI=1S/C17H25FN2O/c1-11(2)14-6-4-5-7-16(14)20-17-10-13(19-12(3)21)8-9-15(17)18/h8-11,14,16,20H,4-7H2,1-3H3,(H,19,21). The van der Waals surface area contributed by atoms with Crippen LogP contribution in [-0.4, -0.2) is 11.9 Å². The van der Waals surface area contributed by atoms with Gasteiger partial charge in [-0.15, -0.1) is 0 Å². The summed E-state index contributed by atoms with van der Waals surface area (Å²) in [6.07, 6.45) is 4.72. The number of rotatable bonds is 4. The van der Waals surface area contributed by atoms with Crippen molar-refractivity contribution in [3.63, 3.8) is 0 Å². The number of hydrogen-bond acceptors (Lipinski definition) is 2. The van der Waals surface area contributed by atoms with E-state index in [2.05, 4.69) is 24.5 Å². The number of nitrogens with one attached hydrogen (secondary N) is 2. The predicted molar refractivity (Wildman–Crippen MR) is 84.9 cm³/mol. The Balaban J connectivity index is 2.15. The zero-order chi connectivity index (χ0) is 15.4. The van der Waals surface area contributed by atoms with Crippen molar-refractivity contribution in [1.82, 2.24) is 0 Å². The number of anilines is 2. The summed E-state index contributed by atoms with van der Waals surface area (Å²) >= 11 is 0. The van der Waals surface area contributed by atoms with Crippen molar-refractivity contribution in [3.8, 4) is 0 Å². The normalized spacial score (nSPS) is 22.1. The fourth-order valence-electron chi connectivity index (χ4n) is 3.25. The molecule has 1 aliphatic rings. The van der Waals surface area contributed by atoms with Crippen LogP contribution in [0.5, 0.6) is 0 Å². The maximum atomic E-state index is 14.0. The van der Waals surface area contributed by atoms with Crippen LogP contribution in [0, 0.1) is 17.7 Å². The molecule has 0 bridgehead atoms. The molecule has 2 unspecified atom stereocenters. The molecule has 2 atom stereocenters. The quantitative estimate of drug-likeness (QED) is 0.863. The van der Waals surface area contributed by atoms with Gasteiger partial charge in [-0.3, -0.25) is 4.79 Å². The van der Waals surface area contributed by atoms with Crippen LogP contribution in [0.2, 0.25) is 0 Å². The largest absolute Gasteiger partial charge is 0.380 e. The highest BCUT2D eigenvalue weighted by molar-refractivity contribution is 5.89. The van der Waals surface area contributed by atoms with Crippen molar-refractivity contribution in [2.24, 2.45) is 11.8 Å². The van der Waals surface area contributed by atoms with Crippen molar-refractivity contribution in [3.05, 3.63) is 24.0 Å². The highest BCUT2D eigenvalue weighted by Gasteiger charge is 2.27. The fraction of sp³-hybridized carbons (Fsp3) is 0.588. The summed E-state index contributed by atoms with van der Waals surface area (Å²) in [5.74, 6) is 0.745. The van der Waals surface area contributed by atoms with Gasteiger partial charge in [0.05, 0.1) is 5.69 Å². The number of carbonyl (C=O) groups is 1. The molecule has 3 nitrogen and oxygen atoms in total. The maximum absolute atomic E-state index is 14.0. The number of hydrogen-bond donors (Lipinski definition) is 2. The lowest BCUT2D eigenvalue weighted by molar-refractivity contribution is -0.114. The SMILES string of the molecule is CC(=O)Nc1ccc(F)c(NC2CCCCC2C(C)C)c1. The summed E-state index contributed by atoms with van der Waals surface area (Å²) in [4.78, 5) is 11.1. The summed E-state index contributed by atoms with van der Waals surface area (Å²) in [7, 11) is 0. The Kier molecular flexibility index (Phi) is 5.21. The van der Waals surface area contributed by atoms with Crippen molar-refractivity contribution in [1.29, 1.82) is 0 Å². The minimum Gasteiger partial charge on any atom is -0.380 e. The Morgan fingerprint density at radius 3 is 2.67 bits per heavy atom. The van der Waals surface area contributed by atoms with Gasteiger partial charge >= 0.3 is 0 Å². The molecule has 0 radical (unpaired) electrons. The van der Waals surface area contributed by atoms with Gasteiger partial charge in [0.25, 0.3) is 0 Å². The molecule has 2 N–H and O–H groups in total. The predicted octanol–water partition coefficient (Wildman–Crippen LogP) is 4.41. The van der Waals surface area contributed by atoms with Gasteiger partial charge in [0.2, 0.25) is 5.91 Å². The van der Waals surface area contributed by atoms with E-state index in [9.17, 15) is 9.18 Å². The first-order valence-electron chi connectivity index (χ1n) is 7.81. The summed E-state index contributed by atoms with van der Waals surface area (Å²) in [6, 6.07) is 4.98. The average Bonchev–Trinajstić information content (AvgIpc) is 2.42. The summed E-state index contributed by atoms with van der Waals surface area (Å²) in [5, 5.41) is 6.07. The third kappa shape index (κ3) is 4.19. The molecule has 0 aliphatic heterocycles. The molecule has 21 heavy (non-hydrogen) atoms. The van der Waals surface area contributed by atoms with Crippen LogP contribution >= 0.6 is 0 Å². The van der Waals surface area contributed by atoms with E-state index in [0.717, 1.165) is 6.42 Å². The first kappa shape index (κ1) is 15.8. The zero-order valence-electron chi connectivity index (χ0n) is 13.1. The van der Waals surface area contributed by atoms with Crippen molar-refractivity contribution < 1.29 is 9.18 Å². The minimum absolute atomic E-state index is 0.148. The molecule has 0 spiro atoms. The Bertz CT molecular complexity index is 502. The Morgan fingerprint density at radius 1 is 1.29 bits per heavy atom. The lowest BCUT2D eigenvalue weighted by Crippen LogP contribution is -2.35. The van der Waals surface area contributed by atoms with E-state index in [0.29, 0.717) is 29.3 Å². The summed E-state index contributed by atoms with van der Waals surface area (Å²) in [5.41, 5.74) is 1.11. The van der Waals surface area contributed by atoms with Gasteiger partial charge in [-0.2, -0.15) is 0 Å². The number of benzene rings is 1. The second-order valence-electron chi connectivity index (χ2n) is 6.32. The topological polar surface area (TPSA) is 41.1 Å². The molecule has 1 aromatic rings. The van der Waals surface area contributed by atoms with E-state index in [1.54, 1.807) is 12.1 Å². The Labute approximate surface area is 126 Å². The molecule has 1 amide bonds.